The Hall–Kier alpha value is -1.16. The van der Waals surface area contributed by atoms with Gasteiger partial charge in [-0.25, -0.2) is 0 Å². The average Bonchev–Trinajstić information content (AvgIpc) is 2.39. The van der Waals surface area contributed by atoms with Crippen LogP contribution in [0.25, 0.3) is 0 Å². The highest BCUT2D eigenvalue weighted by atomic mass is 127. The first kappa shape index (κ1) is 11.0. The van der Waals surface area contributed by atoms with E-state index in [2.05, 4.69) is 71.1 Å². The number of hydrogen-bond donors (Lipinski definition) is 0. The van der Waals surface area contributed by atoms with Crippen LogP contribution in [0.1, 0.15) is 16.7 Å². The molecule has 1 aliphatic heterocycles. The summed E-state index contributed by atoms with van der Waals surface area (Å²) in [5.41, 5.74) is 5.11. The van der Waals surface area contributed by atoms with Crippen molar-refractivity contribution in [1.29, 1.82) is 0 Å². The van der Waals surface area contributed by atoms with Crippen molar-refractivity contribution in [2.24, 2.45) is 4.99 Å². The van der Waals surface area contributed by atoms with Crippen LogP contribution in [0.15, 0.2) is 53.5 Å². The molecular weight excluding hydrogens is 321 g/mol. The fraction of sp³-hybridized carbons (Fsp3) is 0.133. The Morgan fingerprint density at radius 3 is 2.41 bits per heavy atom. The molecule has 3 rings (SSSR count). The molecule has 0 saturated carbocycles. The van der Waals surface area contributed by atoms with E-state index in [1.54, 1.807) is 0 Å². The van der Waals surface area contributed by atoms with Crippen molar-refractivity contribution in [2.45, 2.75) is 6.42 Å². The molecule has 0 aromatic heterocycles. The molecule has 0 atom stereocenters. The molecule has 2 aromatic rings. The first-order valence-electron chi connectivity index (χ1n) is 5.74. The van der Waals surface area contributed by atoms with Gasteiger partial charge in [0.15, 0.2) is 0 Å². The van der Waals surface area contributed by atoms with E-state index in [9.17, 15) is 0 Å². The number of hydrogen-bond acceptors (Lipinski definition) is 1. The zero-order valence-corrected chi connectivity index (χ0v) is 11.5. The van der Waals surface area contributed by atoms with Crippen molar-refractivity contribution in [3.05, 3.63) is 68.8 Å². The minimum atomic E-state index is 0.900. The van der Waals surface area contributed by atoms with Crippen molar-refractivity contribution < 1.29 is 0 Å². The largest absolute Gasteiger partial charge is 0.284 e. The molecular formula is C15H12IN. The lowest BCUT2D eigenvalue weighted by Gasteiger charge is -2.17. The molecule has 0 unspecified atom stereocenters. The van der Waals surface area contributed by atoms with Crippen LogP contribution in [0.3, 0.4) is 0 Å². The standard InChI is InChI=1S/C15H12IN/c16-14-8-4-3-7-13(14)15-12-6-2-1-5-11(12)9-10-17-15/h1-8H,9-10H2. The van der Waals surface area contributed by atoms with Crippen molar-refractivity contribution in [3.63, 3.8) is 0 Å². The van der Waals surface area contributed by atoms with Crippen LogP contribution in [-0.2, 0) is 6.42 Å². The van der Waals surface area contributed by atoms with Crippen LogP contribution >= 0.6 is 22.6 Å². The van der Waals surface area contributed by atoms with Gasteiger partial charge < -0.3 is 0 Å². The Morgan fingerprint density at radius 1 is 0.882 bits per heavy atom. The summed E-state index contributed by atoms with van der Waals surface area (Å²) in [5.74, 6) is 0. The minimum absolute atomic E-state index is 0.900. The van der Waals surface area contributed by atoms with Crippen LogP contribution in [0.5, 0.6) is 0 Å². The third-order valence-corrected chi connectivity index (χ3v) is 3.99. The van der Waals surface area contributed by atoms with E-state index >= 15 is 0 Å². The number of aliphatic imine (C=N–C) groups is 1. The molecule has 0 spiro atoms. The molecule has 0 aliphatic carbocycles. The summed E-state index contributed by atoms with van der Waals surface area (Å²) in [6.45, 7) is 0.900. The highest BCUT2D eigenvalue weighted by molar-refractivity contribution is 14.1. The fourth-order valence-corrected chi connectivity index (χ4v) is 2.87. The zero-order chi connectivity index (χ0) is 11.7. The van der Waals surface area contributed by atoms with Gasteiger partial charge in [0, 0.05) is 21.2 Å². The predicted molar refractivity (Wildman–Crippen MR) is 79.8 cm³/mol. The fourth-order valence-electron chi connectivity index (χ4n) is 2.23. The molecule has 2 aromatic carbocycles. The third kappa shape index (κ3) is 2.02. The molecule has 1 aliphatic rings. The molecule has 0 radical (unpaired) electrons. The van der Waals surface area contributed by atoms with Crippen molar-refractivity contribution in [1.82, 2.24) is 0 Å². The highest BCUT2D eigenvalue weighted by Gasteiger charge is 2.16. The first-order chi connectivity index (χ1) is 8.36. The quantitative estimate of drug-likeness (QED) is 0.706. The Kier molecular flexibility index (Phi) is 2.97. The van der Waals surface area contributed by atoms with E-state index < -0.39 is 0 Å². The lowest BCUT2D eigenvalue weighted by molar-refractivity contribution is 0.944. The number of benzene rings is 2. The molecule has 17 heavy (non-hydrogen) atoms. The average molecular weight is 333 g/mol. The lowest BCUT2D eigenvalue weighted by Crippen LogP contribution is -2.14. The Labute approximate surface area is 115 Å². The van der Waals surface area contributed by atoms with Gasteiger partial charge in [0.05, 0.1) is 5.71 Å². The van der Waals surface area contributed by atoms with Crippen LogP contribution in [-0.4, -0.2) is 12.3 Å². The van der Waals surface area contributed by atoms with E-state index in [1.165, 1.54) is 20.3 Å². The van der Waals surface area contributed by atoms with E-state index in [0.717, 1.165) is 18.7 Å². The van der Waals surface area contributed by atoms with Gasteiger partial charge in [0.25, 0.3) is 0 Å². The first-order valence-corrected chi connectivity index (χ1v) is 6.82. The van der Waals surface area contributed by atoms with Gasteiger partial charge >= 0.3 is 0 Å². The third-order valence-electron chi connectivity index (χ3n) is 3.05. The van der Waals surface area contributed by atoms with E-state index in [4.69, 9.17) is 4.99 Å². The van der Waals surface area contributed by atoms with Gasteiger partial charge in [-0.2, -0.15) is 0 Å². The van der Waals surface area contributed by atoms with Crippen molar-refractivity contribution in [2.75, 3.05) is 6.54 Å². The Bertz CT molecular complexity index is 587. The molecule has 1 nitrogen and oxygen atoms in total. The van der Waals surface area contributed by atoms with E-state index in [-0.39, 0.29) is 0 Å². The Balaban J connectivity index is 2.17. The SMILES string of the molecule is Ic1ccccc1C1=NCCc2ccccc21. The summed E-state index contributed by atoms with van der Waals surface area (Å²) in [6.07, 6.45) is 1.06. The maximum absolute atomic E-state index is 4.71. The van der Waals surface area contributed by atoms with Gasteiger partial charge in [-0.1, -0.05) is 42.5 Å². The maximum atomic E-state index is 4.71. The van der Waals surface area contributed by atoms with Gasteiger partial charge in [0.2, 0.25) is 0 Å². The minimum Gasteiger partial charge on any atom is -0.284 e. The summed E-state index contributed by atoms with van der Waals surface area (Å²) in [5, 5.41) is 0. The van der Waals surface area contributed by atoms with Gasteiger partial charge in [-0.05, 0) is 40.6 Å². The molecule has 0 bridgehead atoms. The smallest absolute Gasteiger partial charge is 0.0732 e. The molecule has 0 amide bonds. The van der Waals surface area contributed by atoms with Crippen molar-refractivity contribution >= 4 is 28.3 Å². The zero-order valence-electron chi connectivity index (χ0n) is 9.36. The van der Waals surface area contributed by atoms with Crippen LogP contribution in [0, 0.1) is 3.57 Å². The highest BCUT2D eigenvalue weighted by Crippen LogP contribution is 2.23. The molecule has 84 valence electrons. The van der Waals surface area contributed by atoms with E-state index in [0.29, 0.717) is 0 Å². The second-order valence-corrected chi connectivity index (χ2v) is 5.28. The second-order valence-electron chi connectivity index (χ2n) is 4.12. The lowest BCUT2D eigenvalue weighted by atomic mass is 9.93. The van der Waals surface area contributed by atoms with Gasteiger partial charge in [-0.15, -0.1) is 0 Å². The topological polar surface area (TPSA) is 12.4 Å². The monoisotopic (exact) mass is 333 g/mol. The maximum Gasteiger partial charge on any atom is 0.0732 e. The molecule has 2 heteroatoms. The Morgan fingerprint density at radius 2 is 1.59 bits per heavy atom. The summed E-state index contributed by atoms with van der Waals surface area (Å²) in [4.78, 5) is 4.71. The summed E-state index contributed by atoms with van der Waals surface area (Å²) in [7, 11) is 0. The second kappa shape index (κ2) is 4.61. The predicted octanol–water partition coefficient (Wildman–Crippen LogP) is 3.68. The summed E-state index contributed by atoms with van der Waals surface area (Å²) >= 11 is 2.38. The number of rotatable bonds is 1. The van der Waals surface area contributed by atoms with Crippen LogP contribution in [0.4, 0.5) is 0 Å². The molecule has 0 fully saturated rings. The van der Waals surface area contributed by atoms with Gasteiger partial charge in [0.1, 0.15) is 0 Å². The molecule has 0 saturated heterocycles. The summed E-state index contributed by atoms with van der Waals surface area (Å²) in [6, 6.07) is 17.0. The molecule has 0 N–H and O–H groups in total. The normalized spacial score (nSPS) is 14.1. The van der Waals surface area contributed by atoms with Crippen molar-refractivity contribution in [3.8, 4) is 0 Å². The van der Waals surface area contributed by atoms with Crippen LogP contribution in [0.2, 0.25) is 0 Å². The van der Waals surface area contributed by atoms with Crippen LogP contribution < -0.4 is 0 Å². The number of nitrogens with zero attached hydrogens (tertiary/aromatic N) is 1. The van der Waals surface area contributed by atoms with E-state index in [1.807, 2.05) is 0 Å². The van der Waals surface area contributed by atoms with Gasteiger partial charge in [-0.3, -0.25) is 4.99 Å². The molecule has 1 heterocycles. The summed E-state index contributed by atoms with van der Waals surface area (Å²) < 4.78 is 1.26. The number of halogens is 1. The number of fused-ring (bicyclic) bond motifs is 1.